The molecule has 2 heterocycles. The average Bonchev–Trinajstić information content (AvgIpc) is 2.92. The Balaban J connectivity index is 1.88. The number of ether oxygens (including phenoxy) is 1. The summed E-state index contributed by atoms with van der Waals surface area (Å²) in [4.78, 5) is 23.8. The third-order valence-electron chi connectivity index (χ3n) is 2.63. The van der Waals surface area contributed by atoms with Gasteiger partial charge in [0.15, 0.2) is 12.4 Å². The lowest BCUT2D eigenvalue weighted by molar-refractivity contribution is -0.118. The minimum atomic E-state index is -0.200. The second kappa shape index (κ2) is 4.74. The van der Waals surface area contributed by atoms with E-state index in [4.69, 9.17) is 4.74 Å². The molecule has 1 aromatic carbocycles. The molecule has 1 aliphatic rings. The molecular weight excluding hydrogens is 264 g/mol. The smallest absolute Gasteiger partial charge is 0.265 e. The monoisotopic (exact) mass is 274 g/mol. The van der Waals surface area contributed by atoms with Gasteiger partial charge in [-0.1, -0.05) is 12.1 Å². The van der Waals surface area contributed by atoms with E-state index in [1.165, 1.54) is 11.3 Å². The van der Waals surface area contributed by atoms with Crippen LogP contribution in [0.1, 0.15) is 9.67 Å². The molecule has 0 saturated heterocycles. The van der Waals surface area contributed by atoms with Crippen molar-refractivity contribution in [3.63, 3.8) is 0 Å². The summed E-state index contributed by atoms with van der Waals surface area (Å²) < 4.78 is 5.36. The molecule has 0 aliphatic carbocycles. The molecule has 0 radical (unpaired) electrons. The van der Waals surface area contributed by atoms with E-state index >= 15 is 0 Å². The normalized spacial score (nSPS) is 13.2. The van der Waals surface area contributed by atoms with Gasteiger partial charge in [-0.2, -0.15) is 0 Å². The standard InChI is InChI=1S/C13H10N2O3S/c16-11-7-18-12-8(14-11)3-1-4-9(12)15-13(17)10-5-2-6-19-10/h1-6H,7H2,(H,14,16)(H,15,17). The van der Waals surface area contributed by atoms with Crippen LogP contribution in [0.4, 0.5) is 11.4 Å². The molecule has 96 valence electrons. The maximum absolute atomic E-state index is 12.0. The lowest BCUT2D eigenvalue weighted by Crippen LogP contribution is -2.26. The Labute approximate surface area is 113 Å². The van der Waals surface area contributed by atoms with E-state index in [9.17, 15) is 9.59 Å². The molecule has 3 rings (SSSR count). The van der Waals surface area contributed by atoms with Gasteiger partial charge in [-0.15, -0.1) is 11.3 Å². The second-order valence-corrected chi connectivity index (χ2v) is 4.90. The second-order valence-electron chi connectivity index (χ2n) is 3.95. The van der Waals surface area contributed by atoms with E-state index in [0.717, 1.165) is 0 Å². The van der Waals surface area contributed by atoms with Gasteiger partial charge in [0, 0.05) is 0 Å². The number of carbonyl (C=O) groups excluding carboxylic acids is 2. The third-order valence-corrected chi connectivity index (χ3v) is 3.50. The molecule has 1 aliphatic heterocycles. The Morgan fingerprint density at radius 1 is 1.32 bits per heavy atom. The molecule has 1 aromatic heterocycles. The van der Waals surface area contributed by atoms with Crippen LogP contribution in [-0.4, -0.2) is 18.4 Å². The van der Waals surface area contributed by atoms with E-state index in [0.29, 0.717) is 22.0 Å². The van der Waals surface area contributed by atoms with Gasteiger partial charge < -0.3 is 15.4 Å². The Morgan fingerprint density at radius 2 is 2.21 bits per heavy atom. The Kier molecular flexibility index (Phi) is 2.92. The Bertz CT molecular complexity index is 637. The number of hydrogen-bond donors (Lipinski definition) is 2. The van der Waals surface area contributed by atoms with Gasteiger partial charge in [0.25, 0.3) is 11.8 Å². The number of nitrogens with one attached hydrogen (secondary N) is 2. The van der Waals surface area contributed by atoms with Crippen LogP contribution >= 0.6 is 11.3 Å². The van der Waals surface area contributed by atoms with Crippen molar-refractivity contribution in [2.45, 2.75) is 0 Å². The molecule has 2 aromatic rings. The van der Waals surface area contributed by atoms with Crippen LogP contribution in [-0.2, 0) is 4.79 Å². The zero-order valence-electron chi connectivity index (χ0n) is 9.80. The average molecular weight is 274 g/mol. The summed E-state index contributed by atoms with van der Waals surface area (Å²) >= 11 is 1.37. The van der Waals surface area contributed by atoms with Gasteiger partial charge >= 0.3 is 0 Å². The van der Waals surface area contributed by atoms with E-state index < -0.39 is 0 Å². The van der Waals surface area contributed by atoms with Gasteiger partial charge in [0.05, 0.1) is 16.3 Å². The van der Waals surface area contributed by atoms with Crippen LogP contribution in [0.2, 0.25) is 0 Å². The lowest BCUT2D eigenvalue weighted by atomic mass is 10.2. The number of carbonyl (C=O) groups is 2. The quantitative estimate of drug-likeness (QED) is 0.883. The SMILES string of the molecule is O=C1COc2c(cccc2NC(=O)c2cccs2)N1. The summed E-state index contributed by atoms with van der Waals surface area (Å²) in [5.74, 6) is 0.102. The van der Waals surface area contributed by atoms with Crippen molar-refractivity contribution in [2.75, 3.05) is 17.2 Å². The molecule has 2 amide bonds. The number of anilines is 2. The predicted octanol–water partition coefficient (Wildman–Crippen LogP) is 2.33. The largest absolute Gasteiger partial charge is 0.479 e. The number of benzene rings is 1. The zero-order chi connectivity index (χ0) is 13.2. The number of amides is 2. The summed E-state index contributed by atoms with van der Waals surface area (Å²) in [5.41, 5.74) is 1.12. The van der Waals surface area contributed by atoms with Crippen molar-refractivity contribution in [1.82, 2.24) is 0 Å². The van der Waals surface area contributed by atoms with Crippen molar-refractivity contribution in [1.29, 1.82) is 0 Å². The fourth-order valence-electron chi connectivity index (χ4n) is 1.81. The highest BCUT2D eigenvalue weighted by molar-refractivity contribution is 7.12. The van der Waals surface area contributed by atoms with Crippen molar-refractivity contribution in [3.05, 3.63) is 40.6 Å². The van der Waals surface area contributed by atoms with E-state index in [1.54, 1.807) is 24.3 Å². The van der Waals surface area contributed by atoms with Crippen LogP contribution in [0, 0.1) is 0 Å². The molecule has 19 heavy (non-hydrogen) atoms. The van der Waals surface area contributed by atoms with Gasteiger partial charge in [-0.05, 0) is 23.6 Å². The number of para-hydroxylation sites is 1. The molecule has 6 heteroatoms. The number of rotatable bonds is 2. The van der Waals surface area contributed by atoms with Crippen molar-refractivity contribution in [3.8, 4) is 5.75 Å². The third kappa shape index (κ3) is 2.30. The fraction of sp³-hybridized carbons (Fsp3) is 0.0769. The van der Waals surface area contributed by atoms with Crippen LogP contribution in [0.3, 0.4) is 0 Å². The van der Waals surface area contributed by atoms with Gasteiger partial charge in [-0.25, -0.2) is 0 Å². The van der Waals surface area contributed by atoms with E-state index in [2.05, 4.69) is 10.6 Å². The molecule has 5 nitrogen and oxygen atoms in total. The maximum Gasteiger partial charge on any atom is 0.265 e. The molecule has 0 fully saturated rings. The first-order chi connectivity index (χ1) is 9.24. The van der Waals surface area contributed by atoms with Crippen LogP contribution < -0.4 is 15.4 Å². The van der Waals surface area contributed by atoms with Crippen molar-refractivity contribution in [2.24, 2.45) is 0 Å². The van der Waals surface area contributed by atoms with Gasteiger partial charge in [0.1, 0.15) is 0 Å². The van der Waals surface area contributed by atoms with Crippen LogP contribution in [0.25, 0.3) is 0 Å². The molecule has 0 bridgehead atoms. The Morgan fingerprint density at radius 3 is 3.00 bits per heavy atom. The highest BCUT2D eigenvalue weighted by Gasteiger charge is 2.20. The summed E-state index contributed by atoms with van der Waals surface area (Å²) in [7, 11) is 0. The highest BCUT2D eigenvalue weighted by atomic mass is 32.1. The van der Waals surface area contributed by atoms with E-state index in [-0.39, 0.29) is 18.4 Å². The maximum atomic E-state index is 12.0. The first-order valence-corrected chi connectivity index (χ1v) is 6.52. The fourth-order valence-corrected chi connectivity index (χ4v) is 2.42. The summed E-state index contributed by atoms with van der Waals surface area (Å²) in [6.07, 6.45) is 0. The van der Waals surface area contributed by atoms with Gasteiger partial charge in [0.2, 0.25) is 0 Å². The minimum absolute atomic E-state index is 0.0428. The van der Waals surface area contributed by atoms with Crippen LogP contribution in [0.15, 0.2) is 35.7 Å². The zero-order valence-corrected chi connectivity index (χ0v) is 10.6. The molecule has 0 spiro atoms. The van der Waals surface area contributed by atoms with E-state index in [1.807, 2.05) is 11.4 Å². The van der Waals surface area contributed by atoms with Gasteiger partial charge in [-0.3, -0.25) is 9.59 Å². The van der Waals surface area contributed by atoms with Crippen LogP contribution in [0.5, 0.6) is 5.75 Å². The summed E-state index contributed by atoms with van der Waals surface area (Å²) in [6.45, 7) is -0.0428. The predicted molar refractivity (Wildman–Crippen MR) is 72.8 cm³/mol. The Hall–Kier alpha value is -2.34. The summed E-state index contributed by atoms with van der Waals surface area (Å²) in [5, 5.41) is 7.32. The molecule has 0 unspecified atom stereocenters. The topological polar surface area (TPSA) is 67.4 Å². The first-order valence-electron chi connectivity index (χ1n) is 5.64. The number of thiophene rings is 1. The first kappa shape index (κ1) is 11.7. The lowest BCUT2D eigenvalue weighted by Gasteiger charge is -2.20. The van der Waals surface area contributed by atoms with Crippen molar-refractivity contribution >= 4 is 34.5 Å². The number of hydrogen-bond acceptors (Lipinski definition) is 4. The highest BCUT2D eigenvalue weighted by Crippen LogP contribution is 2.35. The summed E-state index contributed by atoms with van der Waals surface area (Å²) in [6, 6.07) is 8.78. The molecule has 0 atom stereocenters. The molecular formula is C13H10N2O3S. The van der Waals surface area contributed by atoms with Crippen molar-refractivity contribution < 1.29 is 14.3 Å². The molecule has 0 saturated carbocycles. The minimum Gasteiger partial charge on any atom is -0.479 e. The number of fused-ring (bicyclic) bond motifs is 1. The molecule has 2 N–H and O–H groups in total.